The number of aromatic nitrogens is 2. The minimum atomic E-state index is 0.152. The van der Waals surface area contributed by atoms with E-state index in [1.807, 2.05) is 41.3 Å². The summed E-state index contributed by atoms with van der Waals surface area (Å²) in [5, 5.41) is 0. The van der Waals surface area contributed by atoms with Gasteiger partial charge >= 0.3 is 0 Å². The molecule has 1 saturated heterocycles. The van der Waals surface area contributed by atoms with Gasteiger partial charge in [-0.1, -0.05) is 25.5 Å². The Hall–Kier alpha value is -3.02. The number of unbranched alkanes of at least 4 members (excludes halogenated alkanes) is 1. The highest BCUT2D eigenvalue weighted by Gasteiger charge is 2.33. The van der Waals surface area contributed by atoms with Gasteiger partial charge in [-0.15, -0.1) is 0 Å². The first-order valence-electron chi connectivity index (χ1n) is 11.2. The molecule has 1 aromatic heterocycles. The molecule has 6 nitrogen and oxygen atoms in total. The van der Waals surface area contributed by atoms with Crippen LogP contribution < -0.4 is 9.47 Å². The van der Waals surface area contributed by atoms with Crippen LogP contribution in [0.5, 0.6) is 11.5 Å². The number of amides is 1. The molecule has 31 heavy (non-hydrogen) atoms. The van der Waals surface area contributed by atoms with Crippen LogP contribution in [0.25, 0.3) is 11.0 Å². The molecule has 1 fully saturated rings. The van der Waals surface area contributed by atoms with Crippen molar-refractivity contribution in [2.45, 2.75) is 45.1 Å². The highest BCUT2D eigenvalue weighted by Crippen LogP contribution is 2.31. The van der Waals surface area contributed by atoms with Crippen molar-refractivity contribution in [2.24, 2.45) is 0 Å². The van der Waals surface area contributed by atoms with Gasteiger partial charge in [-0.25, -0.2) is 4.98 Å². The van der Waals surface area contributed by atoms with Gasteiger partial charge < -0.3 is 18.9 Å². The first kappa shape index (κ1) is 21.2. The number of hydrogen-bond donors (Lipinski definition) is 0. The Bertz CT molecular complexity index is 1010. The maximum atomic E-state index is 12.5. The lowest BCUT2D eigenvalue weighted by molar-refractivity contribution is -0.127. The van der Waals surface area contributed by atoms with Crippen molar-refractivity contribution in [3.05, 3.63) is 54.4 Å². The van der Waals surface area contributed by atoms with Gasteiger partial charge in [-0.2, -0.15) is 0 Å². The third kappa shape index (κ3) is 4.84. The Morgan fingerprint density at radius 2 is 1.81 bits per heavy atom. The zero-order chi connectivity index (χ0) is 21.6. The van der Waals surface area contributed by atoms with Gasteiger partial charge in [-0.05, 0) is 49.2 Å². The van der Waals surface area contributed by atoms with Crippen LogP contribution in [0.2, 0.25) is 0 Å². The molecule has 1 aliphatic heterocycles. The van der Waals surface area contributed by atoms with Gasteiger partial charge in [0.2, 0.25) is 5.91 Å². The Morgan fingerprint density at radius 3 is 2.58 bits per heavy atom. The van der Waals surface area contributed by atoms with Crippen LogP contribution in [0.4, 0.5) is 0 Å². The van der Waals surface area contributed by atoms with Crippen LogP contribution in [-0.2, 0) is 11.3 Å². The zero-order valence-corrected chi connectivity index (χ0v) is 18.4. The highest BCUT2D eigenvalue weighted by atomic mass is 16.5. The van der Waals surface area contributed by atoms with Crippen molar-refractivity contribution in [1.29, 1.82) is 0 Å². The van der Waals surface area contributed by atoms with Crippen LogP contribution >= 0.6 is 0 Å². The average Bonchev–Trinajstić information content (AvgIpc) is 3.35. The summed E-state index contributed by atoms with van der Waals surface area (Å²) >= 11 is 0. The summed E-state index contributed by atoms with van der Waals surface area (Å²) in [6.45, 7) is 5.20. The summed E-state index contributed by atoms with van der Waals surface area (Å²) < 4.78 is 13.4. The minimum Gasteiger partial charge on any atom is -0.497 e. The first-order valence-corrected chi connectivity index (χ1v) is 11.2. The SMILES string of the molecule is CCCCN1CC(c2nc3ccccc3n2CCCOc2ccc(OC)cc2)CC1=O. The van der Waals surface area contributed by atoms with Gasteiger partial charge in [0.1, 0.15) is 17.3 Å². The molecule has 1 atom stereocenters. The molecule has 6 heteroatoms. The fourth-order valence-electron chi connectivity index (χ4n) is 4.24. The monoisotopic (exact) mass is 421 g/mol. The molecule has 2 heterocycles. The number of hydrogen-bond acceptors (Lipinski definition) is 4. The number of likely N-dealkylation sites (tertiary alicyclic amines) is 1. The standard InChI is InChI=1S/C25H31N3O3/c1-3-4-14-27-18-19(17-24(27)29)25-26-22-8-5-6-9-23(22)28(25)15-7-16-31-21-12-10-20(30-2)11-13-21/h5-6,8-13,19H,3-4,7,14-18H2,1-2H3. The number of imidazole rings is 1. The lowest BCUT2D eigenvalue weighted by Gasteiger charge is -2.17. The zero-order valence-electron chi connectivity index (χ0n) is 18.4. The van der Waals surface area contributed by atoms with Gasteiger partial charge in [0.05, 0.1) is 24.8 Å². The maximum Gasteiger partial charge on any atom is 0.223 e. The van der Waals surface area contributed by atoms with E-state index in [9.17, 15) is 4.79 Å². The predicted molar refractivity (Wildman–Crippen MR) is 122 cm³/mol. The largest absolute Gasteiger partial charge is 0.497 e. The van der Waals surface area contributed by atoms with Gasteiger partial charge in [0.15, 0.2) is 0 Å². The first-order chi connectivity index (χ1) is 15.2. The lowest BCUT2D eigenvalue weighted by Crippen LogP contribution is -2.26. The third-order valence-corrected chi connectivity index (χ3v) is 5.90. The number of rotatable bonds is 10. The Balaban J connectivity index is 1.44. The molecular formula is C25H31N3O3. The van der Waals surface area contributed by atoms with E-state index in [1.54, 1.807) is 7.11 Å². The smallest absolute Gasteiger partial charge is 0.223 e. The van der Waals surface area contributed by atoms with Gasteiger partial charge in [0, 0.05) is 32.0 Å². The summed E-state index contributed by atoms with van der Waals surface area (Å²) in [7, 11) is 1.66. The molecule has 164 valence electrons. The summed E-state index contributed by atoms with van der Waals surface area (Å²) in [5.41, 5.74) is 2.12. The highest BCUT2D eigenvalue weighted by molar-refractivity contribution is 5.80. The Labute approximate surface area is 183 Å². The third-order valence-electron chi connectivity index (χ3n) is 5.90. The molecule has 0 bridgehead atoms. The second-order valence-corrected chi connectivity index (χ2v) is 8.08. The fourth-order valence-corrected chi connectivity index (χ4v) is 4.24. The second-order valence-electron chi connectivity index (χ2n) is 8.08. The molecule has 1 unspecified atom stereocenters. The van der Waals surface area contributed by atoms with E-state index in [4.69, 9.17) is 14.5 Å². The molecule has 4 rings (SSSR count). The molecule has 1 amide bonds. The van der Waals surface area contributed by atoms with E-state index in [2.05, 4.69) is 23.6 Å². The van der Waals surface area contributed by atoms with Gasteiger partial charge in [0.25, 0.3) is 0 Å². The van der Waals surface area contributed by atoms with Crippen molar-refractivity contribution < 1.29 is 14.3 Å². The van der Waals surface area contributed by atoms with Gasteiger partial charge in [-0.3, -0.25) is 4.79 Å². The number of fused-ring (bicyclic) bond motifs is 1. The fraction of sp³-hybridized carbons (Fsp3) is 0.440. The number of carbonyl (C=O) groups excluding carboxylic acids is 1. The summed E-state index contributed by atoms with van der Waals surface area (Å²) in [5.74, 6) is 3.09. The quantitative estimate of drug-likeness (QED) is 0.448. The topological polar surface area (TPSA) is 56.6 Å². The summed E-state index contributed by atoms with van der Waals surface area (Å²) in [6.07, 6.45) is 3.56. The number of methoxy groups -OCH3 is 1. The van der Waals surface area contributed by atoms with E-state index in [-0.39, 0.29) is 11.8 Å². The van der Waals surface area contributed by atoms with Crippen molar-refractivity contribution in [2.75, 3.05) is 26.8 Å². The number of ether oxygens (including phenoxy) is 2. The maximum absolute atomic E-state index is 12.5. The number of nitrogens with zero attached hydrogens (tertiary/aromatic N) is 3. The molecule has 3 aromatic rings. The lowest BCUT2D eigenvalue weighted by atomic mass is 10.1. The molecule has 0 spiro atoms. The second kappa shape index (κ2) is 9.86. The molecular weight excluding hydrogens is 390 g/mol. The number of carbonyl (C=O) groups is 1. The molecule has 0 N–H and O–H groups in total. The van der Waals surface area contributed by atoms with E-state index in [0.717, 1.165) is 67.3 Å². The van der Waals surface area contributed by atoms with E-state index < -0.39 is 0 Å². The normalized spacial score (nSPS) is 16.3. The molecule has 0 radical (unpaired) electrons. The van der Waals surface area contributed by atoms with Crippen LogP contribution in [-0.4, -0.2) is 47.2 Å². The molecule has 0 aliphatic carbocycles. The van der Waals surface area contributed by atoms with Crippen molar-refractivity contribution >= 4 is 16.9 Å². The molecule has 0 saturated carbocycles. The van der Waals surface area contributed by atoms with Crippen LogP contribution in [0.15, 0.2) is 48.5 Å². The number of para-hydroxylation sites is 2. The van der Waals surface area contributed by atoms with Crippen molar-refractivity contribution in [3.8, 4) is 11.5 Å². The van der Waals surface area contributed by atoms with E-state index >= 15 is 0 Å². The van der Waals surface area contributed by atoms with E-state index in [0.29, 0.717) is 13.0 Å². The van der Waals surface area contributed by atoms with Crippen LogP contribution in [0.1, 0.15) is 44.3 Å². The Morgan fingerprint density at radius 1 is 1.03 bits per heavy atom. The van der Waals surface area contributed by atoms with Crippen LogP contribution in [0, 0.1) is 0 Å². The predicted octanol–water partition coefficient (Wildman–Crippen LogP) is 4.63. The molecule has 2 aromatic carbocycles. The number of aryl methyl sites for hydroxylation is 1. The summed E-state index contributed by atoms with van der Waals surface area (Å²) in [4.78, 5) is 19.4. The molecule has 1 aliphatic rings. The Kier molecular flexibility index (Phi) is 6.75. The van der Waals surface area contributed by atoms with E-state index in [1.165, 1.54) is 0 Å². The minimum absolute atomic E-state index is 0.152. The average molecular weight is 422 g/mol. The summed E-state index contributed by atoms with van der Waals surface area (Å²) in [6, 6.07) is 15.9. The van der Waals surface area contributed by atoms with Crippen molar-refractivity contribution in [1.82, 2.24) is 14.5 Å². The number of benzene rings is 2. The van der Waals surface area contributed by atoms with Crippen LogP contribution in [0.3, 0.4) is 0 Å². The van der Waals surface area contributed by atoms with Crippen molar-refractivity contribution in [3.63, 3.8) is 0 Å².